The minimum atomic E-state index is 0.0491. The van der Waals surface area contributed by atoms with Crippen molar-refractivity contribution in [3.63, 3.8) is 0 Å². The number of rotatable bonds is 3. The molecule has 1 aromatic carbocycles. The standard InChI is InChI=1S/C18H20N4O3/c23-18(13-3-4-14-15(9-13)25-10-24-14)22-7-5-12(6-8-22)17-19-16(20-21-17)11-1-2-11/h3-4,9,11-12H,1-2,5-8,10H2,(H,19,20,21). The quantitative estimate of drug-likeness (QED) is 0.928. The van der Waals surface area contributed by atoms with E-state index < -0.39 is 0 Å². The van der Waals surface area contributed by atoms with Crippen molar-refractivity contribution in [2.24, 2.45) is 0 Å². The molecule has 1 saturated carbocycles. The van der Waals surface area contributed by atoms with Crippen LogP contribution in [0, 0.1) is 0 Å². The van der Waals surface area contributed by atoms with Gasteiger partial charge in [0.25, 0.3) is 5.91 Å². The molecule has 0 bridgehead atoms. The Hall–Kier alpha value is -2.57. The summed E-state index contributed by atoms with van der Waals surface area (Å²) in [5.41, 5.74) is 0.651. The van der Waals surface area contributed by atoms with Crippen LogP contribution in [0.4, 0.5) is 0 Å². The molecule has 0 unspecified atom stereocenters. The van der Waals surface area contributed by atoms with Gasteiger partial charge in [-0.3, -0.25) is 9.89 Å². The molecular formula is C18H20N4O3. The van der Waals surface area contributed by atoms with Crippen molar-refractivity contribution in [3.8, 4) is 11.5 Å². The van der Waals surface area contributed by atoms with Crippen LogP contribution >= 0.6 is 0 Å². The van der Waals surface area contributed by atoms with Gasteiger partial charge in [-0.15, -0.1) is 0 Å². The first-order valence-corrected chi connectivity index (χ1v) is 8.89. The van der Waals surface area contributed by atoms with E-state index in [0.29, 0.717) is 28.9 Å². The summed E-state index contributed by atoms with van der Waals surface area (Å²) in [6.45, 7) is 1.69. The van der Waals surface area contributed by atoms with Crippen LogP contribution in [-0.2, 0) is 0 Å². The molecule has 5 rings (SSSR count). The van der Waals surface area contributed by atoms with Gasteiger partial charge < -0.3 is 14.4 Å². The summed E-state index contributed by atoms with van der Waals surface area (Å²) < 4.78 is 10.7. The normalized spacial score (nSPS) is 20.1. The molecule has 1 amide bonds. The number of aromatic amines is 1. The number of ether oxygens (including phenoxy) is 2. The molecule has 1 saturated heterocycles. The fourth-order valence-corrected chi connectivity index (χ4v) is 3.56. The number of likely N-dealkylation sites (tertiary alicyclic amines) is 1. The van der Waals surface area contributed by atoms with Gasteiger partial charge in [0, 0.05) is 30.5 Å². The Morgan fingerprint density at radius 1 is 1.08 bits per heavy atom. The maximum absolute atomic E-state index is 12.7. The molecule has 2 aliphatic heterocycles. The van der Waals surface area contributed by atoms with Gasteiger partial charge in [0.2, 0.25) is 6.79 Å². The summed E-state index contributed by atoms with van der Waals surface area (Å²) >= 11 is 0. The number of hydrogen-bond acceptors (Lipinski definition) is 5. The third kappa shape index (κ3) is 2.73. The molecular weight excluding hydrogens is 320 g/mol. The highest BCUT2D eigenvalue weighted by Gasteiger charge is 2.31. The molecule has 3 heterocycles. The number of benzene rings is 1. The maximum Gasteiger partial charge on any atom is 0.253 e. The Bertz CT molecular complexity index is 806. The number of H-pyrrole nitrogens is 1. The molecule has 1 aromatic heterocycles. The number of aromatic nitrogens is 3. The monoisotopic (exact) mass is 340 g/mol. The van der Waals surface area contributed by atoms with Crippen LogP contribution < -0.4 is 9.47 Å². The first kappa shape index (κ1) is 14.7. The van der Waals surface area contributed by atoms with Crippen LogP contribution in [0.3, 0.4) is 0 Å². The van der Waals surface area contributed by atoms with E-state index in [2.05, 4.69) is 15.2 Å². The summed E-state index contributed by atoms with van der Waals surface area (Å²) in [5, 5.41) is 7.45. The Kier molecular flexibility index (Phi) is 3.39. The molecule has 7 heteroatoms. The van der Waals surface area contributed by atoms with Gasteiger partial charge in [-0.25, -0.2) is 4.98 Å². The molecule has 2 aromatic rings. The van der Waals surface area contributed by atoms with Gasteiger partial charge in [0.1, 0.15) is 5.82 Å². The van der Waals surface area contributed by atoms with Crippen LogP contribution in [0.1, 0.15) is 59.5 Å². The SMILES string of the molecule is O=C(c1ccc2c(c1)OCO2)N1CCC(c2nc(C3CC3)n[nH]2)CC1. The van der Waals surface area contributed by atoms with E-state index >= 15 is 0 Å². The number of nitrogens with one attached hydrogen (secondary N) is 1. The third-order valence-corrected chi connectivity index (χ3v) is 5.25. The summed E-state index contributed by atoms with van der Waals surface area (Å²) in [5.74, 6) is 4.28. The van der Waals surface area contributed by atoms with E-state index in [9.17, 15) is 4.79 Å². The number of nitrogens with zero attached hydrogens (tertiary/aromatic N) is 3. The molecule has 0 spiro atoms. The molecule has 3 aliphatic rings. The third-order valence-electron chi connectivity index (χ3n) is 5.25. The van der Waals surface area contributed by atoms with Gasteiger partial charge in [-0.2, -0.15) is 5.10 Å². The van der Waals surface area contributed by atoms with Gasteiger partial charge in [0.05, 0.1) is 0 Å². The molecule has 2 fully saturated rings. The molecule has 130 valence electrons. The summed E-state index contributed by atoms with van der Waals surface area (Å²) in [6.07, 6.45) is 4.24. The summed E-state index contributed by atoms with van der Waals surface area (Å²) in [7, 11) is 0. The highest BCUT2D eigenvalue weighted by molar-refractivity contribution is 5.95. The van der Waals surface area contributed by atoms with Crippen molar-refractivity contribution >= 4 is 5.91 Å². The van der Waals surface area contributed by atoms with Crippen LogP contribution in [0.25, 0.3) is 0 Å². The number of piperidine rings is 1. The second-order valence-corrected chi connectivity index (χ2v) is 6.99. The lowest BCUT2D eigenvalue weighted by molar-refractivity contribution is 0.0710. The minimum Gasteiger partial charge on any atom is -0.454 e. The van der Waals surface area contributed by atoms with Gasteiger partial charge in [-0.1, -0.05) is 0 Å². The zero-order valence-corrected chi connectivity index (χ0v) is 13.9. The first-order chi connectivity index (χ1) is 12.3. The van der Waals surface area contributed by atoms with E-state index in [0.717, 1.165) is 37.6 Å². The lowest BCUT2D eigenvalue weighted by Gasteiger charge is -2.31. The van der Waals surface area contributed by atoms with E-state index in [-0.39, 0.29) is 12.7 Å². The average molecular weight is 340 g/mol. The fraction of sp³-hybridized carbons (Fsp3) is 0.500. The van der Waals surface area contributed by atoms with E-state index in [1.54, 1.807) is 18.2 Å². The average Bonchev–Trinajstić information content (AvgIpc) is 3.20. The second kappa shape index (κ2) is 5.75. The van der Waals surface area contributed by atoms with Crippen molar-refractivity contribution < 1.29 is 14.3 Å². The van der Waals surface area contributed by atoms with Crippen molar-refractivity contribution in [3.05, 3.63) is 35.4 Å². The molecule has 1 N–H and O–H groups in total. The van der Waals surface area contributed by atoms with Crippen LogP contribution in [0.5, 0.6) is 11.5 Å². The molecule has 1 aliphatic carbocycles. The smallest absolute Gasteiger partial charge is 0.253 e. The number of amides is 1. The van der Waals surface area contributed by atoms with E-state index in [4.69, 9.17) is 9.47 Å². The summed E-state index contributed by atoms with van der Waals surface area (Å²) in [6, 6.07) is 5.38. The topological polar surface area (TPSA) is 80.3 Å². The zero-order valence-electron chi connectivity index (χ0n) is 13.9. The lowest BCUT2D eigenvalue weighted by Crippen LogP contribution is -2.38. The Morgan fingerprint density at radius 2 is 1.88 bits per heavy atom. The van der Waals surface area contributed by atoms with Gasteiger partial charge >= 0.3 is 0 Å². The molecule has 25 heavy (non-hydrogen) atoms. The van der Waals surface area contributed by atoms with Crippen LogP contribution in [0.15, 0.2) is 18.2 Å². The number of fused-ring (bicyclic) bond motifs is 1. The Labute approximate surface area is 145 Å². The number of carbonyl (C=O) groups is 1. The Balaban J connectivity index is 1.24. The van der Waals surface area contributed by atoms with Gasteiger partial charge in [0.15, 0.2) is 17.3 Å². The lowest BCUT2D eigenvalue weighted by atomic mass is 9.95. The van der Waals surface area contributed by atoms with E-state index in [1.807, 2.05) is 4.90 Å². The molecule has 0 radical (unpaired) electrons. The van der Waals surface area contributed by atoms with E-state index in [1.165, 1.54) is 12.8 Å². The second-order valence-electron chi connectivity index (χ2n) is 6.99. The van der Waals surface area contributed by atoms with Crippen molar-refractivity contribution in [1.82, 2.24) is 20.1 Å². The largest absolute Gasteiger partial charge is 0.454 e. The van der Waals surface area contributed by atoms with Crippen molar-refractivity contribution in [2.75, 3.05) is 19.9 Å². The predicted octanol–water partition coefficient (Wildman–Crippen LogP) is 2.43. The molecule has 7 nitrogen and oxygen atoms in total. The van der Waals surface area contributed by atoms with Gasteiger partial charge in [-0.05, 0) is 43.9 Å². The number of carbonyl (C=O) groups excluding carboxylic acids is 1. The maximum atomic E-state index is 12.7. The highest BCUT2D eigenvalue weighted by Crippen LogP contribution is 2.39. The molecule has 0 atom stereocenters. The van der Waals surface area contributed by atoms with Crippen molar-refractivity contribution in [2.45, 2.75) is 37.5 Å². The number of hydrogen-bond donors (Lipinski definition) is 1. The highest BCUT2D eigenvalue weighted by atomic mass is 16.7. The van der Waals surface area contributed by atoms with Crippen molar-refractivity contribution in [1.29, 1.82) is 0 Å². The summed E-state index contributed by atoms with van der Waals surface area (Å²) in [4.78, 5) is 19.3. The Morgan fingerprint density at radius 3 is 2.68 bits per heavy atom. The van der Waals surface area contributed by atoms with Crippen LogP contribution in [-0.4, -0.2) is 45.9 Å². The first-order valence-electron chi connectivity index (χ1n) is 8.89. The minimum absolute atomic E-state index is 0.0491. The van der Waals surface area contributed by atoms with Crippen LogP contribution in [0.2, 0.25) is 0 Å². The fourth-order valence-electron chi connectivity index (χ4n) is 3.56. The zero-order chi connectivity index (χ0) is 16.8. The predicted molar refractivity (Wildman–Crippen MR) is 88.8 cm³/mol.